The Kier molecular flexibility index (Phi) is 4.69. The Morgan fingerprint density at radius 3 is 2.90 bits per heavy atom. The number of hydrogen-bond donors (Lipinski definition) is 0. The first-order valence-electron chi connectivity index (χ1n) is 10.4. The van der Waals surface area contributed by atoms with Crippen molar-refractivity contribution >= 4 is 5.91 Å². The third-order valence-corrected chi connectivity index (χ3v) is 6.13. The summed E-state index contributed by atoms with van der Waals surface area (Å²) < 4.78 is 13.0. The van der Waals surface area contributed by atoms with Crippen LogP contribution in [0.2, 0.25) is 0 Å². The number of hydrogen-bond acceptors (Lipinski definition) is 4. The molecule has 1 amide bonds. The molecule has 0 saturated heterocycles. The topological polar surface area (TPSA) is 56.6 Å². The molecular formula is C24H25N3O3. The van der Waals surface area contributed by atoms with E-state index in [1.165, 1.54) is 11.1 Å². The van der Waals surface area contributed by atoms with Gasteiger partial charge in [0, 0.05) is 18.3 Å². The number of benzene rings is 2. The van der Waals surface area contributed by atoms with Crippen molar-refractivity contribution in [3.05, 3.63) is 76.6 Å². The SMILES string of the molecule is Cc1cc(C(=O)N(Cc2cccc3c2OCO3)C2CCCc3ccccc32)nn1C. The van der Waals surface area contributed by atoms with Crippen LogP contribution in [0.25, 0.3) is 0 Å². The molecule has 1 aliphatic heterocycles. The predicted octanol–water partition coefficient (Wildman–Crippen LogP) is 4.18. The van der Waals surface area contributed by atoms with E-state index in [1.54, 1.807) is 4.68 Å². The van der Waals surface area contributed by atoms with Crippen LogP contribution in [-0.2, 0) is 20.0 Å². The second-order valence-electron chi connectivity index (χ2n) is 7.99. The zero-order chi connectivity index (χ0) is 20.7. The molecule has 2 aromatic carbocycles. The molecule has 5 rings (SSSR count). The monoisotopic (exact) mass is 403 g/mol. The molecule has 6 heteroatoms. The quantitative estimate of drug-likeness (QED) is 0.656. The third-order valence-electron chi connectivity index (χ3n) is 6.13. The minimum atomic E-state index is -0.0584. The highest BCUT2D eigenvalue weighted by atomic mass is 16.7. The van der Waals surface area contributed by atoms with E-state index in [9.17, 15) is 4.79 Å². The molecular weight excluding hydrogens is 378 g/mol. The van der Waals surface area contributed by atoms with E-state index < -0.39 is 0 Å². The molecule has 1 aromatic heterocycles. The Labute approximate surface area is 176 Å². The van der Waals surface area contributed by atoms with E-state index in [2.05, 4.69) is 29.4 Å². The summed E-state index contributed by atoms with van der Waals surface area (Å²) in [4.78, 5) is 15.7. The van der Waals surface area contributed by atoms with Gasteiger partial charge in [0.15, 0.2) is 17.2 Å². The van der Waals surface area contributed by atoms with Crippen LogP contribution in [-0.4, -0.2) is 27.4 Å². The third kappa shape index (κ3) is 3.22. The number of rotatable bonds is 4. The van der Waals surface area contributed by atoms with Gasteiger partial charge in [0.2, 0.25) is 6.79 Å². The lowest BCUT2D eigenvalue weighted by molar-refractivity contribution is 0.0629. The zero-order valence-corrected chi connectivity index (χ0v) is 17.3. The van der Waals surface area contributed by atoms with Gasteiger partial charge < -0.3 is 14.4 Å². The van der Waals surface area contributed by atoms with Crippen LogP contribution < -0.4 is 9.47 Å². The summed E-state index contributed by atoms with van der Waals surface area (Å²) in [6.07, 6.45) is 3.04. The average Bonchev–Trinajstić information content (AvgIpc) is 3.38. The predicted molar refractivity (Wildman–Crippen MR) is 113 cm³/mol. The van der Waals surface area contributed by atoms with Gasteiger partial charge >= 0.3 is 0 Å². The fourth-order valence-corrected chi connectivity index (χ4v) is 4.49. The second-order valence-corrected chi connectivity index (χ2v) is 7.99. The van der Waals surface area contributed by atoms with Crippen molar-refractivity contribution < 1.29 is 14.3 Å². The largest absolute Gasteiger partial charge is 0.454 e. The number of nitrogens with zero attached hydrogens (tertiary/aromatic N) is 3. The number of carbonyl (C=O) groups is 1. The number of para-hydroxylation sites is 1. The minimum absolute atomic E-state index is 0.00272. The molecule has 0 saturated carbocycles. The van der Waals surface area contributed by atoms with E-state index >= 15 is 0 Å². The summed E-state index contributed by atoms with van der Waals surface area (Å²) >= 11 is 0. The van der Waals surface area contributed by atoms with Crippen molar-refractivity contribution in [2.45, 2.75) is 38.8 Å². The molecule has 0 bridgehead atoms. The van der Waals surface area contributed by atoms with E-state index in [4.69, 9.17) is 9.47 Å². The molecule has 154 valence electrons. The molecule has 2 aliphatic rings. The van der Waals surface area contributed by atoms with E-state index in [0.29, 0.717) is 12.2 Å². The van der Waals surface area contributed by atoms with Crippen LogP contribution in [0.1, 0.15) is 51.8 Å². The van der Waals surface area contributed by atoms with E-state index in [0.717, 1.165) is 42.0 Å². The molecule has 30 heavy (non-hydrogen) atoms. The van der Waals surface area contributed by atoms with Gasteiger partial charge in [0.25, 0.3) is 5.91 Å². The first kappa shape index (κ1) is 18.7. The summed E-state index contributed by atoms with van der Waals surface area (Å²) in [5, 5.41) is 4.47. The van der Waals surface area contributed by atoms with Crippen molar-refractivity contribution in [1.29, 1.82) is 0 Å². The zero-order valence-electron chi connectivity index (χ0n) is 17.3. The van der Waals surface area contributed by atoms with E-state index in [1.807, 2.05) is 43.1 Å². The number of amides is 1. The molecule has 0 radical (unpaired) electrons. The van der Waals surface area contributed by atoms with Crippen molar-refractivity contribution in [2.24, 2.45) is 7.05 Å². The van der Waals surface area contributed by atoms with Crippen molar-refractivity contribution in [2.75, 3.05) is 6.79 Å². The Morgan fingerprint density at radius 1 is 1.20 bits per heavy atom. The fraction of sp³-hybridized carbons (Fsp3) is 0.333. The maximum Gasteiger partial charge on any atom is 0.275 e. The molecule has 1 aliphatic carbocycles. The summed E-state index contributed by atoms with van der Waals surface area (Å²) in [7, 11) is 1.86. The van der Waals surface area contributed by atoms with E-state index in [-0.39, 0.29) is 18.7 Å². The number of carbonyl (C=O) groups excluding carboxylic acids is 1. The van der Waals surface area contributed by atoms with Crippen LogP contribution in [0, 0.1) is 6.92 Å². The molecule has 0 fully saturated rings. The van der Waals surface area contributed by atoms with Crippen LogP contribution in [0.4, 0.5) is 0 Å². The lowest BCUT2D eigenvalue weighted by Gasteiger charge is -2.36. The first-order valence-corrected chi connectivity index (χ1v) is 10.4. The lowest BCUT2D eigenvalue weighted by Crippen LogP contribution is -2.36. The number of ether oxygens (including phenoxy) is 2. The normalized spacial score (nSPS) is 16.9. The molecule has 1 unspecified atom stereocenters. The number of aromatic nitrogens is 2. The van der Waals surface area contributed by atoms with Gasteiger partial charge in [-0.05, 0) is 49.4 Å². The van der Waals surface area contributed by atoms with Crippen LogP contribution in [0.3, 0.4) is 0 Å². The van der Waals surface area contributed by atoms with Gasteiger partial charge in [-0.2, -0.15) is 5.10 Å². The summed E-state index contributed by atoms with van der Waals surface area (Å²) in [6, 6.07) is 16.2. The highest BCUT2D eigenvalue weighted by molar-refractivity contribution is 5.92. The summed E-state index contributed by atoms with van der Waals surface area (Å²) in [6.45, 7) is 2.62. The summed E-state index contributed by atoms with van der Waals surface area (Å²) in [5.74, 6) is 1.41. The highest BCUT2D eigenvalue weighted by Gasteiger charge is 2.32. The van der Waals surface area contributed by atoms with Crippen molar-refractivity contribution in [3.8, 4) is 11.5 Å². The molecule has 1 atom stereocenters. The van der Waals surface area contributed by atoms with Gasteiger partial charge in [-0.3, -0.25) is 9.48 Å². The lowest BCUT2D eigenvalue weighted by atomic mass is 9.86. The van der Waals surface area contributed by atoms with Crippen molar-refractivity contribution in [3.63, 3.8) is 0 Å². The number of fused-ring (bicyclic) bond motifs is 2. The molecule has 2 heterocycles. The van der Waals surface area contributed by atoms with Gasteiger partial charge in [-0.1, -0.05) is 36.4 Å². The second kappa shape index (κ2) is 7.52. The number of aryl methyl sites for hydroxylation is 3. The first-order chi connectivity index (χ1) is 14.6. The molecule has 0 spiro atoms. The van der Waals surface area contributed by atoms with Gasteiger partial charge in [0.1, 0.15) is 0 Å². The van der Waals surface area contributed by atoms with Crippen LogP contribution in [0.15, 0.2) is 48.5 Å². The Bertz CT molecular complexity index is 1090. The van der Waals surface area contributed by atoms with Crippen molar-refractivity contribution in [1.82, 2.24) is 14.7 Å². The minimum Gasteiger partial charge on any atom is -0.454 e. The molecule has 3 aromatic rings. The van der Waals surface area contributed by atoms with Gasteiger partial charge in [-0.25, -0.2) is 0 Å². The molecule has 6 nitrogen and oxygen atoms in total. The highest BCUT2D eigenvalue weighted by Crippen LogP contribution is 2.40. The fourth-order valence-electron chi connectivity index (χ4n) is 4.49. The summed E-state index contributed by atoms with van der Waals surface area (Å²) in [5.41, 5.74) is 4.94. The maximum absolute atomic E-state index is 13.7. The van der Waals surface area contributed by atoms with Crippen LogP contribution in [0.5, 0.6) is 11.5 Å². The smallest absolute Gasteiger partial charge is 0.275 e. The Morgan fingerprint density at radius 2 is 2.07 bits per heavy atom. The standard InChI is InChI=1S/C24H25N3O3/c1-16-13-20(25-26(16)2)24(28)27(14-18-9-6-12-22-23(18)30-15-29-22)21-11-5-8-17-7-3-4-10-19(17)21/h3-4,6-7,9-10,12-13,21H,5,8,11,14-15H2,1-2H3. The average molecular weight is 403 g/mol. The Balaban J connectivity index is 1.56. The maximum atomic E-state index is 13.7. The Hall–Kier alpha value is -3.28. The van der Waals surface area contributed by atoms with Crippen LogP contribution >= 0.6 is 0 Å². The van der Waals surface area contributed by atoms with Gasteiger partial charge in [-0.15, -0.1) is 0 Å². The van der Waals surface area contributed by atoms with Gasteiger partial charge in [0.05, 0.1) is 12.6 Å². The molecule has 0 N–H and O–H groups in total.